The molecule has 0 saturated heterocycles. The van der Waals surface area contributed by atoms with Crippen LogP contribution in [-0.2, 0) is 4.79 Å². The number of anilines is 1. The summed E-state index contributed by atoms with van der Waals surface area (Å²) in [6.07, 6.45) is 11.0. The summed E-state index contributed by atoms with van der Waals surface area (Å²) in [7, 11) is 1.92. The van der Waals surface area contributed by atoms with Crippen LogP contribution in [0.2, 0.25) is 0 Å². The van der Waals surface area contributed by atoms with Gasteiger partial charge in [0, 0.05) is 19.2 Å². The lowest BCUT2D eigenvalue weighted by atomic mass is 10.1. The standard InChI is InChI=1S/C12H12O.C8H11N/c1-11-5-2-3-6-12(9-8-11)7-4-10-13;1-7-3-5-8(9-2)6-4-7/h4-5,7-10,12H,2H2,1H3;3-6,9H,1-2H3/b7-4+,9-8-,11-5-;. The lowest BCUT2D eigenvalue weighted by Crippen LogP contribution is -1.89. The molecule has 0 spiro atoms. The number of carbonyl (C=O) groups excluding carboxylic acids is 1. The van der Waals surface area contributed by atoms with Crippen molar-refractivity contribution in [2.24, 2.45) is 5.92 Å². The molecule has 1 aliphatic carbocycles. The van der Waals surface area contributed by atoms with Crippen molar-refractivity contribution < 1.29 is 4.79 Å². The molecule has 0 aliphatic heterocycles. The maximum atomic E-state index is 10.1. The molecule has 1 aliphatic rings. The molecule has 1 aromatic rings. The maximum absolute atomic E-state index is 10.1. The van der Waals surface area contributed by atoms with Gasteiger partial charge in [0.25, 0.3) is 0 Å². The van der Waals surface area contributed by atoms with E-state index in [0.29, 0.717) is 0 Å². The van der Waals surface area contributed by atoms with Crippen LogP contribution in [-0.4, -0.2) is 13.3 Å². The third-order valence-corrected chi connectivity index (χ3v) is 3.10. The van der Waals surface area contributed by atoms with Gasteiger partial charge in [-0.2, -0.15) is 0 Å². The highest BCUT2D eigenvalue weighted by atomic mass is 16.1. The third-order valence-electron chi connectivity index (χ3n) is 3.10. The van der Waals surface area contributed by atoms with Crippen LogP contribution >= 0.6 is 0 Å². The van der Waals surface area contributed by atoms with Gasteiger partial charge < -0.3 is 5.32 Å². The van der Waals surface area contributed by atoms with E-state index in [1.807, 2.05) is 26.1 Å². The van der Waals surface area contributed by atoms with Crippen LogP contribution in [0.5, 0.6) is 0 Å². The molecule has 0 bridgehead atoms. The number of aldehydes is 1. The molecule has 2 heteroatoms. The zero-order chi connectivity index (χ0) is 16.2. The average Bonchev–Trinajstić information content (AvgIpc) is 2.52. The van der Waals surface area contributed by atoms with E-state index < -0.39 is 0 Å². The van der Waals surface area contributed by atoms with Crippen molar-refractivity contribution in [1.29, 1.82) is 0 Å². The molecule has 0 amide bonds. The molecular formula is C20H23NO. The molecule has 1 unspecified atom stereocenters. The highest BCUT2D eigenvalue weighted by Gasteiger charge is 1.95. The quantitative estimate of drug-likeness (QED) is 0.511. The van der Waals surface area contributed by atoms with Gasteiger partial charge in [-0.25, -0.2) is 0 Å². The van der Waals surface area contributed by atoms with Crippen LogP contribution in [0.3, 0.4) is 0 Å². The number of allylic oxidation sites excluding steroid dienone is 6. The number of hydrogen-bond donors (Lipinski definition) is 1. The minimum atomic E-state index is 0.0776. The van der Waals surface area contributed by atoms with Gasteiger partial charge in [0.2, 0.25) is 0 Å². The van der Waals surface area contributed by atoms with Crippen LogP contribution in [0.25, 0.3) is 0 Å². The number of rotatable bonds is 3. The Morgan fingerprint density at radius 3 is 2.59 bits per heavy atom. The van der Waals surface area contributed by atoms with Gasteiger partial charge in [-0.1, -0.05) is 59.4 Å². The number of aryl methyl sites for hydroxylation is 1. The van der Waals surface area contributed by atoms with E-state index in [9.17, 15) is 4.79 Å². The van der Waals surface area contributed by atoms with E-state index in [-0.39, 0.29) is 5.92 Å². The Hall–Kier alpha value is -2.53. The fourth-order valence-corrected chi connectivity index (χ4v) is 1.76. The largest absolute Gasteiger partial charge is 0.388 e. The monoisotopic (exact) mass is 293 g/mol. The number of carbonyl (C=O) groups is 1. The van der Waals surface area contributed by atoms with E-state index in [0.717, 1.165) is 12.7 Å². The SMILES string of the molecule is CC1=C/CC#CC(/C=C/C=O)/C=C\1.CNc1ccc(C)cc1. The van der Waals surface area contributed by atoms with Gasteiger partial charge >= 0.3 is 0 Å². The summed E-state index contributed by atoms with van der Waals surface area (Å²) in [6, 6.07) is 8.31. The smallest absolute Gasteiger partial charge is 0.142 e. The van der Waals surface area contributed by atoms with Crippen LogP contribution in [0, 0.1) is 24.7 Å². The van der Waals surface area contributed by atoms with E-state index in [4.69, 9.17) is 0 Å². The van der Waals surface area contributed by atoms with Gasteiger partial charge in [-0.15, -0.1) is 0 Å². The fourth-order valence-electron chi connectivity index (χ4n) is 1.76. The molecule has 0 heterocycles. The fraction of sp³-hybridized carbons (Fsp3) is 0.250. The highest BCUT2D eigenvalue weighted by molar-refractivity contribution is 5.65. The van der Waals surface area contributed by atoms with E-state index in [1.165, 1.54) is 22.9 Å². The molecule has 0 radical (unpaired) electrons. The van der Waals surface area contributed by atoms with Crippen molar-refractivity contribution in [3.63, 3.8) is 0 Å². The van der Waals surface area contributed by atoms with Crippen molar-refractivity contribution in [2.45, 2.75) is 20.3 Å². The van der Waals surface area contributed by atoms with Crippen molar-refractivity contribution in [2.75, 3.05) is 12.4 Å². The molecule has 1 aromatic carbocycles. The molecule has 2 rings (SSSR count). The van der Waals surface area contributed by atoms with Crippen molar-refractivity contribution >= 4 is 12.0 Å². The zero-order valence-corrected chi connectivity index (χ0v) is 13.5. The number of benzene rings is 1. The predicted molar refractivity (Wildman–Crippen MR) is 94.7 cm³/mol. The van der Waals surface area contributed by atoms with Crippen molar-refractivity contribution in [1.82, 2.24) is 0 Å². The van der Waals surface area contributed by atoms with Crippen LogP contribution in [0.15, 0.2) is 60.2 Å². The molecule has 2 nitrogen and oxygen atoms in total. The summed E-state index contributed by atoms with van der Waals surface area (Å²) in [5.74, 6) is 6.16. The first-order valence-electron chi connectivity index (χ1n) is 7.35. The summed E-state index contributed by atoms with van der Waals surface area (Å²) < 4.78 is 0. The van der Waals surface area contributed by atoms with E-state index in [2.05, 4.69) is 54.4 Å². The second-order valence-electron chi connectivity index (χ2n) is 5.00. The summed E-state index contributed by atoms with van der Waals surface area (Å²) in [4.78, 5) is 10.1. The van der Waals surface area contributed by atoms with Crippen LogP contribution in [0.1, 0.15) is 18.9 Å². The first-order valence-corrected chi connectivity index (χ1v) is 7.35. The minimum absolute atomic E-state index is 0.0776. The first kappa shape index (κ1) is 17.5. The molecule has 22 heavy (non-hydrogen) atoms. The van der Waals surface area contributed by atoms with Crippen molar-refractivity contribution in [3.8, 4) is 11.8 Å². The first-order chi connectivity index (χ1) is 10.7. The average molecular weight is 293 g/mol. The number of nitrogens with one attached hydrogen (secondary N) is 1. The predicted octanol–water partition coefficient (Wildman–Crippen LogP) is 4.30. The Labute approximate surface area is 133 Å². The zero-order valence-electron chi connectivity index (χ0n) is 13.5. The van der Waals surface area contributed by atoms with Crippen LogP contribution < -0.4 is 5.32 Å². The molecule has 1 N–H and O–H groups in total. The van der Waals surface area contributed by atoms with Gasteiger partial charge in [0.05, 0.1) is 5.92 Å². The van der Waals surface area contributed by atoms with Gasteiger partial charge in [-0.3, -0.25) is 4.79 Å². The van der Waals surface area contributed by atoms with Gasteiger partial charge in [-0.05, 0) is 32.1 Å². The van der Waals surface area contributed by atoms with Gasteiger partial charge in [0.15, 0.2) is 0 Å². The molecule has 0 saturated carbocycles. The Morgan fingerprint density at radius 1 is 1.23 bits per heavy atom. The van der Waals surface area contributed by atoms with E-state index >= 15 is 0 Å². The minimum Gasteiger partial charge on any atom is -0.388 e. The molecule has 114 valence electrons. The van der Waals surface area contributed by atoms with Crippen LogP contribution in [0.4, 0.5) is 5.69 Å². The summed E-state index contributed by atoms with van der Waals surface area (Å²) in [5, 5.41) is 3.05. The Balaban J connectivity index is 0.000000235. The lowest BCUT2D eigenvalue weighted by molar-refractivity contribution is -0.104. The number of hydrogen-bond acceptors (Lipinski definition) is 2. The Kier molecular flexibility index (Phi) is 8.15. The Morgan fingerprint density at radius 2 is 1.95 bits per heavy atom. The molecule has 1 atom stereocenters. The normalized spacial score (nSPS) is 20.1. The second kappa shape index (κ2) is 10.2. The summed E-state index contributed by atoms with van der Waals surface area (Å²) in [6.45, 7) is 4.13. The maximum Gasteiger partial charge on any atom is 0.142 e. The van der Waals surface area contributed by atoms with E-state index in [1.54, 1.807) is 6.08 Å². The molecule has 0 aromatic heterocycles. The summed E-state index contributed by atoms with van der Waals surface area (Å²) in [5.41, 5.74) is 3.69. The van der Waals surface area contributed by atoms with Gasteiger partial charge in [0.1, 0.15) is 6.29 Å². The second-order valence-corrected chi connectivity index (χ2v) is 5.00. The molecular weight excluding hydrogens is 270 g/mol. The third kappa shape index (κ3) is 7.31. The highest BCUT2D eigenvalue weighted by Crippen LogP contribution is 2.07. The Bertz CT molecular complexity index is 609. The topological polar surface area (TPSA) is 29.1 Å². The molecule has 0 fully saturated rings. The van der Waals surface area contributed by atoms with Crippen molar-refractivity contribution in [3.05, 3.63) is 65.8 Å². The lowest BCUT2D eigenvalue weighted by Gasteiger charge is -1.99. The summed E-state index contributed by atoms with van der Waals surface area (Å²) >= 11 is 0.